The molecular formula is C14H19NO2S. The molecule has 1 aliphatic carbocycles. The van der Waals surface area contributed by atoms with E-state index >= 15 is 0 Å². The average Bonchev–Trinajstić information content (AvgIpc) is 3.17. The Morgan fingerprint density at radius 2 is 2.17 bits per heavy atom. The first kappa shape index (κ1) is 13.4. The highest BCUT2D eigenvalue weighted by Crippen LogP contribution is 2.42. The number of aliphatic carboxylic acids is 1. The molecule has 1 aromatic rings. The maximum atomic E-state index is 11.6. The first-order valence-electron chi connectivity index (χ1n) is 6.21. The van der Waals surface area contributed by atoms with Crippen LogP contribution >= 0.6 is 11.8 Å². The summed E-state index contributed by atoms with van der Waals surface area (Å²) in [6.07, 6.45) is 2.03. The molecule has 1 saturated carbocycles. The first-order chi connectivity index (χ1) is 8.60. The van der Waals surface area contributed by atoms with Gasteiger partial charge in [-0.15, -0.1) is 11.8 Å². The molecule has 0 radical (unpaired) electrons. The molecular weight excluding hydrogens is 246 g/mol. The van der Waals surface area contributed by atoms with Crippen molar-refractivity contribution in [2.75, 3.05) is 12.8 Å². The summed E-state index contributed by atoms with van der Waals surface area (Å²) in [6, 6.07) is 8.10. The molecule has 1 fully saturated rings. The van der Waals surface area contributed by atoms with Gasteiger partial charge in [0.05, 0.1) is 0 Å². The van der Waals surface area contributed by atoms with Crippen LogP contribution in [0.4, 0.5) is 0 Å². The number of nitrogens with one attached hydrogen (secondary N) is 1. The number of benzene rings is 1. The van der Waals surface area contributed by atoms with Gasteiger partial charge >= 0.3 is 5.97 Å². The molecule has 0 amide bonds. The summed E-state index contributed by atoms with van der Waals surface area (Å²) in [4.78, 5) is 12.7. The summed E-state index contributed by atoms with van der Waals surface area (Å²) in [5.74, 6) is 0.124. The van der Waals surface area contributed by atoms with Crippen molar-refractivity contribution in [3.8, 4) is 0 Å². The van der Waals surface area contributed by atoms with Gasteiger partial charge in [0.25, 0.3) is 0 Å². The highest BCUT2D eigenvalue weighted by atomic mass is 32.2. The predicted molar refractivity (Wildman–Crippen MR) is 74.1 cm³/mol. The van der Waals surface area contributed by atoms with Crippen LogP contribution in [0.1, 0.15) is 18.4 Å². The molecule has 0 aromatic heterocycles. The zero-order chi connectivity index (χ0) is 13.2. The Morgan fingerprint density at radius 1 is 1.50 bits per heavy atom. The van der Waals surface area contributed by atoms with Gasteiger partial charge in [0.1, 0.15) is 5.54 Å². The minimum absolute atomic E-state index is 0.275. The zero-order valence-corrected chi connectivity index (χ0v) is 11.6. The predicted octanol–water partition coefficient (Wildman–Crippen LogP) is 2.54. The second-order valence-electron chi connectivity index (χ2n) is 4.85. The molecule has 98 valence electrons. The van der Waals surface area contributed by atoms with Gasteiger partial charge in [-0.3, -0.25) is 4.79 Å². The standard InChI is InChI=1S/C14H19NO2S/c1-10-5-3-4-6-12(10)18-9-14(15-2,13(16)17)11-7-8-11/h3-6,11,15H,7-9H2,1-2H3,(H,16,17). The van der Waals surface area contributed by atoms with Gasteiger partial charge < -0.3 is 10.4 Å². The monoisotopic (exact) mass is 265 g/mol. The van der Waals surface area contributed by atoms with E-state index in [1.807, 2.05) is 12.1 Å². The topological polar surface area (TPSA) is 49.3 Å². The van der Waals surface area contributed by atoms with Crippen molar-refractivity contribution in [3.05, 3.63) is 29.8 Å². The van der Waals surface area contributed by atoms with Crippen LogP contribution in [0.25, 0.3) is 0 Å². The van der Waals surface area contributed by atoms with Gasteiger partial charge in [-0.25, -0.2) is 0 Å². The quantitative estimate of drug-likeness (QED) is 0.776. The minimum atomic E-state index is -0.771. The van der Waals surface area contributed by atoms with Gasteiger partial charge in [0.2, 0.25) is 0 Å². The van der Waals surface area contributed by atoms with Crippen LogP contribution in [0, 0.1) is 12.8 Å². The van der Waals surface area contributed by atoms with Gasteiger partial charge in [-0.05, 0) is 44.4 Å². The number of likely N-dealkylation sites (N-methyl/N-ethyl adjacent to an activating group) is 1. The molecule has 1 aromatic carbocycles. The van der Waals surface area contributed by atoms with Crippen LogP contribution in [0.3, 0.4) is 0 Å². The van der Waals surface area contributed by atoms with Gasteiger partial charge in [0.15, 0.2) is 0 Å². The second-order valence-corrected chi connectivity index (χ2v) is 5.87. The van der Waals surface area contributed by atoms with Crippen molar-refractivity contribution in [1.29, 1.82) is 0 Å². The lowest BCUT2D eigenvalue weighted by Crippen LogP contribution is -2.54. The normalized spacial score (nSPS) is 18.3. The third-order valence-corrected chi connectivity index (χ3v) is 5.02. The number of thioether (sulfide) groups is 1. The van der Waals surface area contributed by atoms with E-state index < -0.39 is 11.5 Å². The van der Waals surface area contributed by atoms with E-state index in [4.69, 9.17) is 0 Å². The number of hydrogen-bond acceptors (Lipinski definition) is 3. The van der Waals surface area contributed by atoms with Crippen molar-refractivity contribution in [2.45, 2.75) is 30.2 Å². The molecule has 3 nitrogen and oxygen atoms in total. The molecule has 2 rings (SSSR count). The van der Waals surface area contributed by atoms with Gasteiger partial charge in [-0.2, -0.15) is 0 Å². The van der Waals surface area contributed by atoms with E-state index in [1.54, 1.807) is 18.8 Å². The van der Waals surface area contributed by atoms with E-state index in [0.717, 1.165) is 12.8 Å². The summed E-state index contributed by atoms with van der Waals surface area (Å²) in [5, 5.41) is 12.6. The Kier molecular flexibility index (Phi) is 3.97. The largest absolute Gasteiger partial charge is 0.480 e. The zero-order valence-electron chi connectivity index (χ0n) is 10.8. The molecule has 2 N–H and O–H groups in total. The second kappa shape index (κ2) is 5.33. The molecule has 1 unspecified atom stereocenters. The van der Waals surface area contributed by atoms with Crippen LogP contribution < -0.4 is 5.32 Å². The molecule has 0 spiro atoms. The van der Waals surface area contributed by atoms with Crippen molar-refractivity contribution in [2.24, 2.45) is 5.92 Å². The Hall–Kier alpha value is -1.00. The molecule has 1 atom stereocenters. The Morgan fingerprint density at radius 3 is 2.67 bits per heavy atom. The fourth-order valence-corrected chi connectivity index (χ4v) is 3.58. The van der Waals surface area contributed by atoms with Crippen molar-refractivity contribution >= 4 is 17.7 Å². The molecule has 18 heavy (non-hydrogen) atoms. The fourth-order valence-electron chi connectivity index (χ4n) is 2.22. The number of hydrogen-bond donors (Lipinski definition) is 2. The first-order valence-corrected chi connectivity index (χ1v) is 7.19. The lowest BCUT2D eigenvalue weighted by molar-refractivity contribution is -0.144. The van der Waals surface area contributed by atoms with Crippen molar-refractivity contribution < 1.29 is 9.90 Å². The van der Waals surface area contributed by atoms with Crippen LogP contribution in [0.15, 0.2) is 29.2 Å². The van der Waals surface area contributed by atoms with Crippen LogP contribution in [0.5, 0.6) is 0 Å². The summed E-state index contributed by atoms with van der Waals surface area (Å²) in [7, 11) is 1.75. The van der Waals surface area contributed by atoms with Gasteiger partial charge in [-0.1, -0.05) is 18.2 Å². The lowest BCUT2D eigenvalue weighted by atomic mass is 9.96. The lowest BCUT2D eigenvalue weighted by Gasteiger charge is -2.28. The van der Waals surface area contributed by atoms with Crippen LogP contribution in [-0.2, 0) is 4.79 Å². The maximum Gasteiger partial charge on any atom is 0.325 e. The van der Waals surface area contributed by atoms with Crippen molar-refractivity contribution in [3.63, 3.8) is 0 Å². The highest BCUT2D eigenvalue weighted by Gasteiger charge is 2.50. The summed E-state index contributed by atoms with van der Waals surface area (Å²) in [6.45, 7) is 2.06. The molecule has 0 heterocycles. The smallest absolute Gasteiger partial charge is 0.325 e. The van der Waals surface area contributed by atoms with E-state index in [-0.39, 0.29) is 5.92 Å². The SMILES string of the molecule is CNC(CSc1ccccc1C)(C(=O)O)C1CC1. The van der Waals surface area contributed by atoms with E-state index in [0.29, 0.717) is 5.75 Å². The Balaban J connectivity index is 2.11. The maximum absolute atomic E-state index is 11.6. The highest BCUT2D eigenvalue weighted by molar-refractivity contribution is 7.99. The molecule has 0 bridgehead atoms. The molecule has 1 aliphatic rings. The van der Waals surface area contributed by atoms with E-state index in [1.165, 1.54) is 10.5 Å². The summed E-state index contributed by atoms with van der Waals surface area (Å²) in [5.41, 5.74) is 0.432. The Labute approximate surface area is 112 Å². The number of aryl methyl sites for hydroxylation is 1. The van der Waals surface area contributed by atoms with Crippen LogP contribution in [-0.4, -0.2) is 29.4 Å². The molecule has 4 heteroatoms. The van der Waals surface area contributed by atoms with Crippen molar-refractivity contribution in [1.82, 2.24) is 5.32 Å². The molecule has 0 saturated heterocycles. The number of carboxylic acids is 1. The third-order valence-electron chi connectivity index (χ3n) is 3.65. The Bertz CT molecular complexity index is 445. The molecule has 0 aliphatic heterocycles. The fraction of sp³-hybridized carbons (Fsp3) is 0.500. The van der Waals surface area contributed by atoms with Crippen LogP contribution in [0.2, 0.25) is 0 Å². The number of carboxylic acid groups (broad SMARTS) is 1. The number of carbonyl (C=O) groups is 1. The minimum Gasteiger partial charge on any atom is -0.480 e. The average molecular weight is 265 g/mol. The van der Waals surface area contributed by atoms with E-state index in [2.05, 4.69) is 24.4 Å². The van der Waals surface area contributed by atoms with E-state index in [9.17, 15) is 9.90 Å². The number of rotatable bonds is 6. The summed E-state index contributed by atoms with van der Waals surface area (Å²) < 4.78 is 0. The van der Waals surface area contributed by atoms with Gasteiger partial charge in [0, 0.05) is 10.6 Å². The third kappa shape index (κ3) is 2.54. The summed E-state index contributed by atoms with van der Waals surface area (Å²) >= 11 is 1.63.